The molecule has 4 heteroatoms. The molecule has 0 spiro atoms. The molecule has 17 heavy (non-hydrogen) atoms. The zero-order valence-electron chi connectivity index (χ0n) is 8.74. The van der Waals surface area contributed by atoms with E-state index in [4.69, 9.17) is 16.9 Å². The summed E-state index contributed by atoms with van der Waals surface area (Å²) in [5.74, 6) is 0. The quantitative estimate of drug-likeness (QED) is 0.871. The van der Waals surface area contributed by atoms with E-state index < -0.39 is 0 Å². The van der Waals surface area contributed by atoms with E-state index in [1.165, 1.54) is 0 Å². The average molecular weight is 308 g/mol. The Morgan fingerprint density at radius 1 is 1.12 bits per heavy atom. The van der Waals surface area contributed by atoms with E-state index >= 15 is 0 Å². The molecular weight excluding hydrogens is 300 g/mol. The van der Waals surface area contributed by atoms with Crippen LogP contribution in [0.3, 0.4) is 0 Å². The maximum absolute atomic E-state index is 8.74. The summed E-state index contributed by atoms with van der Waals surface area (Å²) in [5, 5.41) is 12.5. The zero-order chi connectivity index (χ0) is 12.3. The third-order valence-electron chi connectivity index (χ3n) is 2.22. The minimum Gasteiger partial charge on any atom is -0.354 e. The lowest BCUT2D eigenvalue weighted by Crippen LogP contribution is -1.91. The molecule has 2 rings (SSSR count). The summed E-state index contributed by atoms with van der Waals surface area (Å²) in [6.07, 6.45) is 0. The van der Waals surface area contributed by atoms with Crippen molar-refractivity contribution < 1.29 is 0 Å². The lowest BCUT2D eigenvalue weighted by atomic mass is 10.2. The maximum atomic E-state index is 8.74. The first-order chi connectivity index (χ1) is 8.19. The predicted octanol–water partition coefficient (Wildman–Crippen LogP) is 4.72. The highest BCUT2D eigenvalue weighted by atomic mass is 79.9. The summed E-state index contributed by atoms with van der Waals surface area (Å²) in [5.41, 5.74) is 2.28. The van der Waals surface area contributed by atoms with Crippen LogP contribution in [-0.2, 0) is 0 Å². The number of hydrogen-bond donors (Lipinski definition) is 1. The van der Waals surface area contributed by atoms with Crippen LogP contribution in [0.1, 0.15) is 5.56 Å². The van der Waals surface area contributed by atoms with Gasteiger partial charge in [0.25, 0.3) is 0 Å². The van der Waals surface area contributed by atoms with Crippen molar-refractivity contribution in [3.63, 3.8) is 0 Å². The lowest BCUT2D eigenvalue weighted by molar-refractivity contribution is 1.47. The molecule has 0 bridgehead atoms. The molecule has 0 saturated carbocycles. The number of halogens is 2. The predicted molar refractivity (Wildman–Crippen MR) is 73.6 cm³/mol. The van der Waals surface area contributed by atoms with Gasteiger partial charge >= 0.3 is 0 Å². The third-order valence-corrected chi connectivity index (χ3v) is 3.06. The van der Waals surface area contributed by atoms with Crippen molar-refractivity contribution in [1.29, 1.82) is 5.26 Å². The fourth-order valence-electron chi connectivity index (χ4n) is 1.37. The summed E-state index contributed by atoms with van der Waals surface area (Å²) in [6.45, 7) is 0. The topological polar surface area (TPSA) is 35.8 Å². The van der Waals surface area contributed by atoms with E-state index in [1.54, 1.807) is 18.2 Å². The smallest absolute Gasteiger partial charge is 0.0992 e. The van der Waals surface area contributed by atoms with Crippen molar-refractivity contribution in [2.24, 2.45) is 0 Å². The van der Waals surface area contributed by atoms with Crippen LogP contribution in [0, 0.1) is 11.3 Å². The molecule has 2 aromatic rings. The fourth-order valence-corrected chi connectivity index (χ4v) is 1.87. The Labute approximate surface area is 113 Å². The maximum Gasteiger partial charge on any atom is 0.0992 e. The van der Waals surface area contributed by atoms with Crippen LogP contribution in [-0.4, -0.2) is 0 Å². The molecular formula is C13H8BrClN2. The second kappa shape index (κ2) is 5.22. The molecule has 2 aromatic carbocycles. The van der Waals surface area contributed by atoms with Crippen molar-refractivity contribution >= 4 is 38.9 Å². The standard InChI is InChI=1S/C13H8BrClN2/c14-10-2-4-11(5-3-10)17-13-6-1-9(8-16)7-12(13)15/h1-7,17H. The summed E-state index contributed by atoms with van der Waals surface area (Å²) >= 11 is 9.44. The van der Waals surface area contributed by atoms with Crippen LogP contribution >= 0.6 is 27.5 Å². The highest BCUT2D eigenvalue weighted by Crippen LogP contribution is 2.26. The first-order valence-electron chi connectivity index (χ1n) is 4.91. The van der Waals surface area contributed by atoms with Crippen LogP contribution in [0.25, 0.3) is 0 Å². The Bertz CT molecular complexity index is 573. The largest absolute Gasteiger partial charge is 0.354 e. The molecule has 0 aromatic heterocycles. The van der Waals surface area contributed by atoms with E-state index in [0.717, 1.165) is 15.8 Å². The molecule has 0 radical (unpaired) electrons. The van der Waals surface area contributed by atoms with Gasteiger partial charge in [-0.1, -0.05) is 27.5 Å². The van der Waals surface area contributed by atoms with Gasteiger partial charge in [0, 0.05) is 10.2 Å². The number of nitrogens with zero attached hydrogens (tertiary/aromatic N) is 1. The van der Waals surface area contributed by atoms with Gasteiger partial charge in [-0.3, -0.25) is 0 Å². The molecule has 2 nitrogen and oxygen atoms in total. The first-order valence-corrected chi connectivity index (χ1v) is 6.08. The van der Waals surface area contributed by atoms with E-state index in [0.29, 0.717) is 10.6 Å². The molecule has 0 amide bonds. The van der Waals surface area contributed by atoms with Crippen molar-refractivity contribution in [2.75, 3.05) is 5.32 Å². The summed E-state index contributed by atoms with van der Waals surface area (Å²) in [7, 11) is 0. The second-order valence-electron chi connectivity index (χ2n) is 3.44. The first kappa shape index (κ1) is 12.0. The Balaban J connectivity index is 2.25. The van der Waals surface area contributed by atoms with Gasteiger partial charge in [-0.25, -0.2) is 0 Å². The van der Waals surface area contributed by atoms with Gasteiger partial charge in [0.2, 0.25) is 0 Å². The van der Waals surface area contributed by atoms with E-state index in [9.17, 15) is 0 Å². The summed E-state index contributed by atoms with van der Waals surface area (Å²) in [4.78, 5) is 0. The molecule has 0 atom stereocenters. The highest BCUT2D eigenvalue weighted by Gasteiger charge is 2.02. The van der Waals surface area contributed by atoms with Crippen molar-refractivity contribution in [3.8, 4) is 6.07 Å². The highest BCUT2D eigenvalue weighted by molar-refractivity contribution is 9.10. The van der Waals surface area contributed by atoms with Crippen LogP contribution in [0.15, 0.2) is 46.9 Å². The van der Waals surface area contributed by atoms with Gasteiger partial charge in [-0.05, 0) is 42.5 Å². The second-order valence-corrected chi connectivity index (χ2v) is 4.76. The van der Waals surface area contributed by atoms with Gasteiger partial charge in [-0.15, -0.1) is 0 Å². The number of benzene rings is 2. The molecule has 84 valence electrons. The number of rotatable bonds is 2. The molecule has 1 N–H and O–H groups in total. The molecule has 0 fully saturated rings. The number of hydrogen-bond acceptors (Lipinski definition) is 2. The van der Waals surface area contributed by atoms with Crippen LogP contribution in [0.2, 0.25) is 5.02 Å². The molecule has 0 heterocycles. The number of nitriles is 1. The Kier molecular flexibility index (Phi) is 3.68. The van der Waals surface area contributed by atoms with E-state index in [2.05, 4.69) is 21.2 Å². The Morgan fingerprint density at radius 2 is 1.82 bits per heavy atom. The zero-order valence-corrected chi connectivity index (χ0v) is 11.1. The molecule has 0 aliphatic rings. The van der Waals surface area contributed by atoms with Crippen molar-refractivity contribution in [3.05, 3.63) is 57.5 Å². The van der Waals surface area contributed by atoms with Gasteiger partial charge in [-0.2, -0.15) is 5.26 Å². The number of anilines is 2. The Morgan fingerprint density at radius 3 is 2.41 bits per heavy atom. The minimum absolute atomic E-state index is 0.534. The van der Waals surface area contributed by atoms with Crippen LogP contribution in [0.5, 0.6) is 0 Å². The minimum atomic E-state index is 0.534. The Hall–Kier alpha value is -1.50. The van der Waals surface area contributed by atoms with Crippen LogP contribution in [0.4, 0.5) is 11.4 Å². The molecule has 0 aliphatic carbocycles. The third kappa shape index (κ3) is 3.00. The van der Waals surface area contributed by atoms with Crippen LogP contribution < -0.4 is 5.32 Å². The fraction of sp³-hybridized carbons (Fsp3) is 0. The average Bonchev–Trinajstić information content (AvgIpc) is 2.34. The molecule has 0 aliphatic heterocycles. The monoisotopic (exact) mass is 306 g/mol. The van der Waals surface area contributed by atoms with E-state index in [1.807, 2.05) is 30.3 Å². The SMILES string of the molecule is N#Cc1ccc(Nc2ccc(Br)cc2)c(Cl)c1. The molecule has 0 saturated heterocycles. The molecule has 0 unspecified atom stereocenters. The van der Waals surface area contributed by atoms with E-state index in [-0.39, 0.29) is 0 Å². The lowest BCUT2D eigenvalue weighted by Gasteiger charge is -2.08. The van der Waals surface area contributed by atoms with Gasteiger partial charge in [0.1, 0.15) is 0 Å². The van der Waals surface area contributed by atoms with Crippen molar-refractivity contribution in [2.45, 2.75) is 0 Å². The van der Waals surface area contributed by atoms with Crippen molar-refractivity contribution in [1.82, 2.24) is 0 Å². The van der Waals surface area contributed by atoms with Gasteiger partial charge in [0.05, 0.1) is 22.3 Å². The number of nitrogens with one attached hydrogen (secondary N) is 1. The summed E-state index contributed by atoms with van der Waals surface area (Å²) in [6, 6.07) is 15.0. The van der Waals surface area contributed by atoms with Gasteiger partial charge < -0.3 is 5.32 Å². The summed E-state index contributed by atoms with van der Waals surface area (Å²) < 4.78 is 1.02. The normalized spacial score (nSPS) is 9.71. The van der Waals surface area contributed by atoms with Gasteiger partial charge in [0.15, 0.2) is 0 Å².